The first-order chi connectivity index (χ1) is 13.5. The van der Waals surface area contributed by atoms with Crippen molar-refractivity contribution in [3.63, 3.8) is 0 Å². The summed E-state index contributed by atoms with van der Waals surface area (Å²) in [4.78, 5) is 12.2. The minimum Gasteiger partial charge on any atom is -0.453 e. The number of anilines is 1. The van der Waals surface area contributed by atoms with Crippen LogP contribution in [0.1, 0.15) is 0 Å². The molecule has 0 atom stereocenters. The Morgan fingerprint density at radius 1 is 1.25 bits per heavy atom. The molecule has 0 aliphatic carbocycles. The van der Waals surface area contributed by atoms with Gasteiger partial charge in [0, 0.05) is 27.6 Å². The third-order valence-corrected chi connectivity index (χ3v) is 5.72. The van der Waals surface area contributed by atoms with Gasteiger partial charge in [0.25, 0.3) is 0 Å². The third-order valence-electron chi connectivity index (χ3n) is 3.97. The van der Waals surface area contributed by atoms with Crippen molar-refractivity contribution in [2.75, 3.05) is 11.1 Å². The molecule has 0 unspecified atom stereocenters. The van der Waals surface area contributed by atoms with Gasteiger partial charge in [0.2, 0.25) is 5.91 Å². The lowest BCUT2D eigenvalue weighted by Gasteiger charge is -2.05. The average Bonchev–Trinajstić information content (AvgIpc) is 3.22. The number of nitrogens with one attached hydrogen (secondary N) is 1. The molecule has 6 nitrogen and oxygen atoms in total. The van der Waals surface area contributed by atoms with Gasteiger partial charge in [-0.15, -0.1) is 10.2 Å². The molecule has 0 aliphatic rings. The third kappa shape index (κ3) is 4.09. The van der Waals surface area contributed by atoms with E-state index in [-0.39, 0.29) is 11.7 Å². The summed E-state index contributed by atoms with van der Waals surface area (Å²) in [6, 6.07) is 14.7. The van der Waals surface area contributed by atoms with Gasteiger partial charge >= 0.3 is 0 Å². The highest BCUT2D eigenvalue weighted by Crippen LogP contribution is 2.30. The SMILES string of the molecule is Cn1c(SCC(=O)Nc2cccc(Cl)c2)nnc1-c1cc2cc(Br)ccc2o1. The fourth-order valence-electron chi connectivity index (χ4n) is 2.67. The number of amides is 1. The van der Waals surface area contributed by atoms with Crippen LogP contribution >= 0.6 is 39.3 Å². The largest absolute Gasteiger partial charge is 0.453 e. The average molecular weight is 478 g/mol. The van der Waals surface area contributed by atoms with Crippen molar-refractivity contribution in [2.45, 2.75) is 5.16 Å². The molecule has 1 N–H and O–H groups in total. The molecule has 0 spiro atoms. The topological polar surface area (TPSA) is 73.0 Å². The molecular formula is C19H14BrClN4O2S. The maximum absolute atomic E-state index is 12.2. The first-order valence-electron chi connectivity index (χ1n) is 8.27. The van der Waals surface area contributed by atoms with Crippen LogP contribution in [0.3, 0.4) is 0 Å². The van der Waals surface area contributed by atoms with Gasteiger partial charge < -0.3 is 14.3 Å². The van der Waals surface area contributed by atoms with E-state index in [0.29, 0.717) is 27.5 Å². The van der Waals surface area contributed by atoms with Gasteiger partial charge in [0.05, 0.1) is 5.75 Å². The fraction of sp³-hybridized carbons (Fsp3) is 0.105. The Balaban J connectivity index is 1.46. The minimum absolute atomic E-state index is 0.148. The van der Waals surface area contributed by atoms with E-state index in [1.165, 1.54) is 11.8 Å². The Morgan fingerprint density at radius 3 is 2.93 bits per heavy atom. The van der Waals surface area contributed by atoms with Gasteiger partial charge in [-0.3, -0.25) is 4.79 Å². The van der Waals surface area contributed by atoms with E-state index in [0.717, 1.165) is 15.4 Å². The number of fused-ring (bicyclic) bond motifs is 1. The highest BCUT2D eigenvalue weighted by Gasteiger charge is 2.16. The van der Waals surface area contributed by atoms with Crippen molar-refractivity contribution in [3.05, 3.63) is 58.0 Å². The Bertz CT molecular complexity index is 1170. The zero-order valence-electron chi connectivity index (χ0n) is 14.6. The minimum atomic E-state index is -0.148. The zero-order valence-corrected chi connectivity index (χ0v) is 17.8. The zero-order chi connectivity index (χ0) is 19.7. The number of nitrogens with zero attached hydrogens (tertiary/aromatic N) is 3. The van der Waals surface area contributed by atoms with Crippen LogP contribution in [0, 0.1) is 0 Å². The molecule has 9 heteroatoms. The number of aromatic nitrogens is 3. The van der Waals surface area contributed by atoms with Crippen LogP contribution in [0.4, 0.5) is 5.69 Å². The molecule has 142 valence electrons. The molecule has 0 bridgehead atoms. The number of hydrogen-bond donors (Lipinski definition) is 1. The highest BCUT2D eigenvalue weighted by molar-refractivity contribution is 9.10. The fourth-order valence-corrected chi connectivity index (χ4v) is 3.95. The molecule has 0 aliphatic heterocycles. The van der Waals surface area contributed by atoms with E-state index in [1.807, 2.05) is 35.9 Å². The van der Waals surface area contributed by atoms with Crippen LogP contribution in [0.2, 0.25) is 5.02 Å². The van der Waals surface area contributed by atoms with E-state index in [4.69, 9.17) is 16.0 Å². The van der Waals surface area contributed by atoms with Gasteiger partial charge in [-0.2, -0.15) is 0 Å². The lowest BCUT2D eigenvalue weighted by molar-refractivity contribution is -0.113. The van der Waals surface area contributed by atoms with Crippen molar-refractivity contribution in [2.24, 2.45) is 7.05 Å². The van der Waals surface area contributed by atoms with Crippen LogP contribution in [0.5, 0.6) is 0 Å². The molecular weight excluding hydrogens is 464 g/mol. The number of hydrogen-bond acceptors (Lipinski definition) is 5. The van der Waals surface area contributed by atoms with Crippen LogP contribution in [-0.2, 0) is 11.8 Å². The first-order valence-corrected chi connectivity index (χ1v) is 10.4. The summed E-state index contributed by atoms with van der Waals surface area (Å²) in [5.74, 6) is 1.28. The number of thioether (sulfide) groups is 1. The Labute approximate surface area is 178 Å². The molecule has 2 aromatic heterocycles. The van der Waals surface area contributed by atoms with Crippen molar-refractivity contribution in [3.8, 4) is 11.6 Å². The highest BCUT2D eigenvalue weighted by atomic mass is 79.9. The molecule has 0 saturated heterocycles. The lowest BCUT2D eigenvalue weighted by atomic mass is 10.2. The first kappa shape index (κ1) is 19.0. The van der Waals surface area contributed by atoms with E-state index in [1.54, 1.807) is 24.3 Å². The number of halogens is 2. The second kappa shape index (κ2) is 7.98. The molecule has 4 aromatic rings. The Morgan fingerprint density at radius 2 is 2.11 bits per heavy atom. The summed E-state index contributed by atoms with van der Waals surface area (Å²) in [7, 11) is 1.84. The standard InChI is InChI=1S/C19H14BrClN4O2S/c1-25-18(16-8-11-7-12(20)5-6-15(11)27-16)23-24-19(25)28-10-17(26)22-14-4-2-3-13(21)9-14/h2-9H,10H2,1H3,(H,22,26). The number of carbonyl (C=O) groups is 1. The van der Waals surface area contributed by atoms with Gasteiger partial charge in [-0.25, -0.2) is 0 Å². The summed E-state index contributed by atoms with van der Waals surface area (Å²) in [6.45, 7) is 0. The Hall–Kier alpha value is -2.29. The molecule has 1 amide bonds. The summed E-state index contributed by atoms with van der Waals surface area (Å²) in [5, 5.41) is 13.4. The van der Waals surface area contributed by atoms with Gasteiger partial charge in [0.1, 0.15) is 5.58 Å². The summed E-state index contributed by atoms with van der Waals surface area (Å²) in [6.07, 6.45) is 0. The smallest absolute Gasteiger partial charge is 0.234 e. The summed E-state index contributed by atoms with van der Waals surface area (Å²) in [5.41, 5.74) is 1.43. The van der Waals surface area contributed by atoms with Crippen LogP contribution < -0.4 is 5.32 Å². The second-order valence-corrected chi connectivity index (χ2v) is 8.30. The van der Waals surface area contributed by atoms with E-state index < -0.39 is 0 Å². The number of carbonyl (C=O) groups excluding carboxylic acids is 1. The van der Waals surface area contributed by atoms with Crippen LogP contribution in [-0.4, -0.2) is 26.4 Å². The molecule has 0 saturated carbocycles. The summed E-state index contributed by atoms with van der Waals surface area (Å²) < 4.78 is 8.66. The predicted octanol–water partition coefficient (Wildman–Crippen LogP) is 5.38. The maximum atomic E-state index is 12.2. The molecule has 0 fully saturated rings. The summed E-state index contributed by atoms with van der Waals surface area (Å²) >= 11 is 10.7. The van der Waals surface area contributed by atoms with E-state index in [9.17, 15) is 4.79 Å². The molecule has 2 heterocycles. The van der Waals surface area contributed by atoms with Gasteiger partial charge in [-0.1, -0.05) is 45.4 Å². The van der Waals surface area contributed by atoms with Gasteiger partial charge in [-0.05, 0) is 42.5 Å². The van der Waals surface area contributed by atoms with Crippen LogP contribution in [0.25, 0.3) is 22.6 Å². The monoisotopic (exact) mass is 476 g/mol. The lowest BCUT2D eigenvalue weighted by Crippen LogP contribution is -2.14. The molecule has 2 aromatic carbocycles. The normalized spacial score (nSPS) is 11.1. The van der Waals surface area contributed by atoms with Crippen LogP contribution in [0.15, 0.2) is 62.6 Å². The van der Waals surface area contributed by atoms with Gasteiger partial charge in [0.15, 0.2) is 16.7 Å². The maximum Gasteiger partial charge on any atom is 0.234 e. The van der Waals surface area contributed by atoms with E-state index >= 15 is 0 Å². The van der Waals surface area contributed by atoms with Crippen molar-refractivity contribution >= 4 is 61.9 Å². The second-order valence-electron chi connectivity index (χ2n) is 6.01. The van der Waals surface area contributed by atoms with Crippen molar-refractivity contribution in [1.82, 2.24) is 14.8 Å². The van der Waals surface area contributed by atoms with Crippen molar-refractivity contribution < 1.29 is 9.21 Å². The molecule has 4 rings (SSSR count). The number of benzene rings is 2. The Kier molecular flexibility index (Phi) is 5.43. The number of furan rings is 1. The predicted molar refractivity (Wildman–Crippen MR) is 115 cm³/mol. The molecule has 28 heavy (non-hydrogen) atoms. The van der Waals surface area contributed by atoms with E-state index in [2.05, 4.69) is 31.4 Å². The quantitative estimate of drug-likeness (QED) is 0.391. The van der Waals surface area contributed by atoms with Crippen molar-refractivity contribution in [1.29, 1.82) is 0 Å². The number of rotatable bonds is 5. The molecule has 0 radical (unpaired) electrons.